The molecular weight excluding hydrogens is 201 g/mol. The molecule has 3 atom stereocenters. The van der Waals surface area contributed by atoms with Crippen molar-refractivity contribution < 1.29 is 13.2 Å². The summed E-state index contributed by atoms with van der Waals surface area (Å²) in [6.45, 7) is 4.48. The zero-order valence-corrected chi connectivity index (χ0v) is 9.40. The van der Waals surface area contributed by atoms with Gasteiger partial charge in [-0.25, -0.2) is 0 Å². The molecule has 2 aliphatic rings. The van der Waals surface area contributed by atoms with E-state index in [1.165, 1.54) is 6.42 Å². The summed E-state index contributed by atoms with van der Waals surface area (Å²) in [6, 6.07) is 0. The van der Waals surface area contributed by atoms with Gasteiger partial charge >= 0.3 is 6.18 Å². The van der Waals surface area contributed by atoms with Crippen molar-refractivity contribution in [1.82, 2.24) is 0 Å². The van der Waals surface area contributed by atoms with Crippen LogP contribution in [-0.2, 0) is 0 Å². The lowest BCUT2D eigenvalue weighted by Crippen LogP contribution is -2.20. The van der Waals surface area contributed by atoms with E-state index in [2.05, 4.69) is 13.8 Å². The van der Waals surface area contributed by atoms with Crippen LogP contribution in [0.5, 0.6) is 0 Å². The molecule has 0 radical (unpaired) electrons. The van der Waals surface area contributed by atoms with E-state index in [1.807, 2.05) is 0 Å². The zero-order valence-electron chi connectivity index (χ0n) is 9.40. The van der Waals surface area contributed by atoms with Crippen molar-refractivity contribution in [1.29, 1.82) is 0 Å². The van der Waals surface area contributed by atoms with Crippen LogP contribution in [0.2, 0.25) is 0 Å². The van der Waals surface area contributed by atoms with Gasteiger partial charge in [-0.05, 0) is 48.9 Å². The Morgan fingerprint density at radius 1 is 1.20 bits per heavy atom. The molecule has 0 heterocycles. The first kappa shape index (κ1) is 11.3. The Balaban J connectivity index is 1.92. The van der Waals surface area contributed by atoms with Gasteiger partial charge in [0.2, 0.25) is 0 Å². The molecule has 2 aliphatic carbocycles. The first-order valence-electron chi connectivity index (χ1n) is 5.87. The molecule has 0 saturated heterocycles. The highest BCUT2D eigenvalue weighted by molar-refractivity contribution is 5.02. The van der Waals surface area contributed by atoms with Crippen molar-refractivity contribution in [2.24, 2.45) is 23.2 Å². The maximum atomic E-state index is 12.1. The Kier molecular flexibility index (Phi) is 2.55. The van der Waals surface area contributed by atoms with E-state index in [-0.39, 0.29) is 0 Å². The molecule has 2 bridgehead atoms. The van der Waals surface area contributed by atoms with Crippen LogP contribution in [0.25, 0.3) is 0 Å². The van der Waals surface area contributed by atoms with Crippen molar-refractivity contribution in [2.45, 2.75) is 52.1 Å². The highest BCUT2D eigenvalue weighted by Crippen LogP contribution is 2.61. The molecule has 3 unspecified atom stereocenters. The van der Waals surface area contributed by atoms with Gasteiger partial charge in [0.15, 0.2) is 0 Å². The van der Waals surface area contributed by atoms with Crippen molar-refractivity contribution in [2.75, 3.05) is 0 Å². The molecule has 0 aromatic heterocycles. The van der Waals surface area contributed by atoms with Gasteiger partial charge in [0.25, 0.3) is 0 Å². The van der Waals surface area contributed by atoms with Crippen LogP contribution in [0, 0.1) is 23.2 Å². The van der Waals surface area contributed by atoms with E-state index in [4.69, 9.17) is 0 Å². The van der Waals surface area contributed by atoms with E-state index in [0.717, 1.165) is 12.8 Å². The number of fused-ring (bicyclic) bond motifs is 2. The highest BCUT2D eigenvalue weighted by atomic mass is 19.4. The third kappa shape index (κ3) is 2.02. The largest absolute Gasteiger partial charge is 0.389 e. The second-order valence-electron chi connectivity index (χ2n) is 5.85. The smallest absolute Gasteiger partial charge is 0.171 e. The molecule has 0 amide bonds. The summed E-state index contributed by atoms with van der Waals surface area (Å²) in [5, 5.41) is 0. The third-order valence-corrected chi connectivity index (χ3v) is 4.79. The molecular formula is C12H19F3. The van der Waals surface area contributed by atoms with Crippen LogP contribution in [0.1, 0.15) is 46.0 Å². The minimum absolute atomic E-state index is 0.302. The van der Waals surface area contributed by atoms with Gasteiger partial charge in [-0.2, -0.15) is 13.2 Å². The Bertz CT molecular complexity index is 242. The first-order valence-corrected chi connectivity index (χ1v) is 5.87. The summed E-state index contributed by atoms with van der Waals surface area (Å²) in [7, 11) is 0. The Labute approximate surface area is 89.2 Å². The molecule has 88 valence electrons. The lowest BCUT2D eigenvalue weighted by atomic mass is 9.79. The predicted molar refractivity (Wildman–Crippen MR) is 53.4 cm³/mol. The average molecular weight is 220 g/mol. The standard InChI is InChI=1S/C12H19F3/c1-11(2)9-3-4-10(11)8(7-9)5-6-12(13,14)15/h8-10H,3-7H2,1-2H3. The lowest BCUT2D eigenvalue weighted by Gasteiger charge is -2.27. The fourth-order valence-corrected chi connectivity index (χ4v) is 3.89. The highest BCUT2D eigenvalue weighted by Gasteiger charge is 2.53. The van der Waals surface area contributed by atoms with E-state index in [0.29, 0.717) is 29.6 Å². The SMILES string of the molecule is CC1(C)C2CCC1C(CCC(F)(F)F)C2. The van der Waals surface area contributed by atoms with Gasteiger partial charge in [0, 0.05) is 6.42 Å². The Hall–Kier alpha value is -0.210. The van der Waals surface area contributed by atoms with Crippen LogP contribution in [0.3, 0.4) is 0 Å². The Morgan fingerprint density at radius 3 is 2.27 bits per heavy atom. The summed E-state index contributed by atoms with van der Waals surface area (Å²) in [5.41, 5.74) is 0.302. The third-order valence-electron chi connectivity index (χ3n) is 4.79. The molecule has 0 aliphatic heterocycles. The quantitative estimate of drug-likeness (QED) is 0.647. The normalized spacial score (nSPS) is 38.6. The molecule has 0 aromatic carbocycles. The molecule has 3 heteroatoms. The second kappa shape index (κ2) is 3.39. The molecule has 0 N–H and O–H groups in total. The van der Waals surface area contributed by atoms with E-state index >= 15 is 0 Å². The van der Waals surface area contributed by atoms with Crippen molar-refractivity contribution in [3.8, 4) is 0 Å². The maximum absolute atomic E-state index is 12.1. The van der Waals surface area contributed by atoms with Crippen LogP contribution in [0.15, 0.2) is 0 Å². The number of rotatable bonds is 2. The van der Waals surface area contributed by atoms with Crippen molar-refractivity contribution in [3.05, 3.63) is 0 Å². The average Bonchev–Trinajstić information content (AvgIpc) is 2.51. The molecule has 2 fully saturated rings. The summed E-state index contributed by atoms with van der Waals surface area (Å²) >= 11 is 0. The topological polar surface area (TPSA) is 0 Å². The zero-order chi connectivity index (χ0) is 11.3. The lowest BCUT2D eigenvalue weighted by molar-refractivity contribution is -0.138. The van der Waals surface area contributed by atoms with Crippen LogP contribution < -0.4 is 0 Å². The van der Waals surface area contributed by atoms with Crippen LogP contribution in [0.4, 0.5) is 13.2 Å². The van der Waals surface area contributed by atoms with Gasteiger partial charge in [-0.3, -0.25) is 0 Å². The summed E-state index contributed by atoms with van der Waals surface area (Å²) in [6.07, 6.45) is -0.773. The monoisotopic (exact) mass is 220 g/mol. The number of alkyl halides is 3. The number of halogens is 3. The van der Waals surface area contributed by atoms with Gasteiger partial charge in [0.05, 0.1) is 0 Å². The number of hydrogen-bond acceptors (Lipinski definition) is 0. The molecule has 15 heavy (non-hydrogen) atoms. The summed E-state index contributed by atoms with van der Waals surface area (Å²) in [5.74, 6) is 1.56. The van der Waals surface area contributed by atoms with Gasteiger partial charge in [-0.1, -0.05) is 13.8 Å². The minimum Gasteiger partial charge on any atom is -0.171 e. The summed E-state index contributed by atoms with van der Waals surface area (Å²) in [4.78, 5) is 0. The molecule has 0 spiro atoms. The maximum Gasteiger partial charge on any atom is 0.389 e. The first-order chi connectivity index (χ1) is 6.81. The minimum atomic E-state index is -3.97. The Morgan fingerprint density at radius 2 is 1.87 bits per heavy atom. The molecule has 0 aromatic rings. The van der Waals surface area contributed by atoms with Gasteiger partial charge < -0.3 is 0 Å². The van der Waals surface area contributed by atoms with Crippen molar-refractivity contribution >= 4 is 0 Å². The predicted octanol–water partition coefficient (Wildman–Crippen LogP) is 4.40. The van der Waals surface area contributed by atoms with Gasteiger partial charge in [-0.15, -0.1) is 0 Å². The molecule has 2 rings (SSSR count). The molecule has 0 nitrogen and oxygen atoms in total. The number of hydrogen-bond donors (Lipinski definition) is 0. The fourth-order valence-electron chi connectivity index (χ4n) is 3.89. The van der Waals surface area contributed by atoms with Crippen LogP contribution >= 0.6 is 0 Å². The van der Waals surface area contributed by atoms with E-state index in [9.17, 15) is 13.2 Å². The van der Waals surface area contributed by atoms with Crippen LogP contribution in [-0.4, -0.2) is 6.18 Å². The van der Waals surface area contributed by atoms with E-state index in [1.54, 1.807) is 0 Å². The van der Waals surface area contributed by atoms with Crippen molar-refractivity contribution in [3.63, 3.8) is 0 Å². The second-order valence-corrected chi connectivity index (χ2v) is 5.85. The van der Waals surface area contributed by atoms with Gasteiger partial charge in [0.1, 0.15) is 0 Å². The molecule has 2 saturated carbocycles. The summed E-state index contributed by atoms with van der Waals surface area (Å²) < 4.78 is 36.4. The van der Waals surface area contributed by atoms with E-state index < -0.39 is 12.6 Å². The fraction of sp³-hybridized carbons (Fsp3) is 1.00.